The van der Waals surface area contributed by atoms with E-state index in [1.165, 1.54) is 0 Å². The molecule has 1 heterocycles. The van der Waals surface area contributed by atoms with Gasteiger partial charge in [0.15, 0.2) is 0 Å². The maximum absolute atomic E-state index is 9.10. The summed E-state index contributed by atoms with van der Waals surface area (Å²) in [6.07, 6.45) is 1.80. The third-order valence-corrected chi connectivity index (χ3v) is 4.55. The Morgan fingerprint density at radius 1 is 1.00 bits per heavy atom. The molecule has 1 aromatic heterocycles. The second-order valence-electron chi connectivity index (χ2n) is 5.25. The molecule has 24 heavy (non-hydrogen) atoms. The Labute approximate surface area is 144 Å². The first-order valence-corrected chi connectivity index (χ1v) is 8.58. The summed E-state index contributed by atoms with van der Waals surface area (Å²) in [5.41, 5.74) is 2.91. The molecule has 2 N–H and O–H groups in total. The normalized spacial score (nSPS) is 11.4. The van der Waals surface area contributed by atoms with Crippen molar-refractivity contribution in [2.45, 2.75) is 0 Å². The van der Waals surface area contributed by atoms with Crippen molar-refractivity contribution in [3.63, 3.8) is 0 Å². The zero-order valence-electron chi connectivity index (χ0n) is 13.2. The van der Waals surface area contributed by atoms with Crippen LogP contribution in [0.15, 0.2) is 53.5 Å². The third kappa shape index (κ3) is 3.97. The molecule has 6 heteroatoms. The summed E-state index contributed by atoms with van der Waals surface area (Å²) in [4.78, 5) is 10.9. The van der Waals surface area contributed by atoms with E-state index in [-0.39, 0.29) is 13.2 Å². The fourth-order valence-electron chi connectivity index (χ4n) is 2.43. The SMILES string of the molecule is OCCN(CCO)c1ccc(/C=N/c2nc3ccccc3s2)cc1. The van der Waals surface area contributed by atoms with E-state index in [0.29, 0.717) is 13.1 Å². The first-order chi connectivity index (χ1) is 11.8. The van der Waals surface area contributed by atoms with Gasteiger partial charge in [0.05, 0.1) is 23.4 Å². The van der Waals surface area contributed by atoms with Gasteiger partial charge in [0.25, 0.3) is 0 Å². The molecule has 0 saturated heterocycles. The molecule has 0 aliphatic heterocycles. The fraction of sp³-hybridized carbons (Fsp3) is 0.222. The summed E-state index contributed by atoms with van der Waals surface area (Å²) in [7, 11) is 0. The molecule has 0 saturated carbocycles. The molecule has 124 valence electrons. The second kappa shape index (κ2) is 8.01. The molecule has 0 bridgehead atoms. The zero-order chi connectivity index (χ0) is 16.8. The lowest BCUT2D eigenvalue weighted by molar-refractivity contribution is 0.281. The smallest absolute Gasteiger partial charge is 0.210 e. The van der Waals surface area contributed by atoms with Gasteiger partial charge in [-0.2, -0.15) is 0 Å². The van der Waals surface area contributed by atoms with E-state index in [1.807, 2.05) is 53.4 Å². The van der Waals surface area contributed by atoms with Crippen molar-refractivity contribution in [2.24, 2.45) is 4.99 Å². The molecule has 0 aliphatic carbocycles. The van der Waals surface area contributed by atoms with Crippen LogP contribution in [0.3, 0.4) is 0 Å². The zero-order valence-corrected chi connectivity index (χ0v) is 14.0. The number of aromatic nitrogens is 1. The van der Waals surface area contributed by atoms with Crippen LogP contribution in [-0.4, -0.2) is 47.7 Å². The average Bonchev–Trinajstić information content (AvgIpc) is 3.03. The predicted octanol–water partition coefficient (Wildman–Crippen LogP) is 2.84. The molecule has 0 spiro atoms. The van der Waals surface area contributed by atoms with Crippen LogP contribution in [0.1, 0.15) is 5.56 Å². The maximum Gasteiger partial charge on any atom is 0.210 e. The molecule has 0 radical (unpaired) electrons. The third-order valence-electron chi connectivity index (χ3n) is 3.60. The minimum Gasteiger partial charge on any atom is -0.395 e. The van der Waals surface area contributed by atoms with Gasteiger partial charge in [0, 0.05) is 25.0 Å². The Morgan fingerprint density at radius 3 is 2.38 bits per heavy atom. The van der Waals surface area contributed by atoms with Crippen molar-refractivity contribution in [1.82, 2.24) is 4.98 Å². The maximum atomic E-state index is 9.10. The monoisotopic (exact) mass is 341 g/mol. The number of para-hydroxylation sites is 1. The number of aliphatic hydroxyl groups is 2. The Balaban J connectivity index is 1.73. The minimum absolute atomic E-state index is 0.0564. The standard InChI is InChI=1S/C18H19N3O2S/c22-11-9-21(10-12-23)15-7-5-14(6-8-15)13-19-18-20-16-3-1-2-4-17(16)24-18/h1-8,13,22-23H,9-12H2/b19-13+. The van der Waals surface area contributed by atoms with Crippen LogP contribution < -0.4 is 4.90 Å². The van der Waals surface area contributed by atoms with E-state index in [1.54, 1.807) is 17.6 Å². The molecule has 3 aromatic rings. The Kier molecular flexibility index (Phi) is 5.53. The van der Waals surface area contributed by atoms with Crippen molar-refractivity contribution >= 4 is 38.6 Å². The second-order valence-corrected chi connectivity index (χ2v) is 6.26. The fourth-order valence-corrected chi connectivity index (χ4v) is 3.24. The van der Waals surface area contributed by atoms with Gasteiger partial charge in [-0.3, -0.25) is 0 Å². The predicted molar refractivity (Wildman–Crippen MR) is 99.7 cm³/mol. The number of nitrogens with zero attached hydrogens (tertiary/aromatic N) is 3. The number of fused-ring (bicyclic) bond motifs is 1. The highest BCUT2D eigenvalue weighted by Crippen LogP contribution is 2.27. The van der Waals surface area contributed by atoms with Gasteiger partial charge in [0.1, 0.15) is 0 Å². The summed E-state index contributed by atoms with van der Waals surface area (Å²) < 4.78 is 1.13. The molecule has 0 aliphatic rings. The minimum atomic E-state index is 0.0564. The summed E-state index contributed by atoms with van der Waals surface area (Å²) in [5.74, 6) is 0. The number of benzene rings is 2. The van der Waals surface area contributed by atoms with Crippen molar-refractivity contribution in [3.8, 4) is 0 Å². The highest BCUT2D eigenvalue weighted by Gasteiger charge is 2.05. The molecule has 0 atom stereocenters. The molecule has 0 unspecified atom stereocenters. The van der Waals surface area contributed by atoms with Gasteiger partial charge >= 0.3 is 0 Å². The summed E-state index contributed by atoms with van der Waals surface area (Å²) in [6, 6.07) is 15.8. The van der Waals surface area contributed by atoms with E-state index < -0.39 is 0 Å². The van der Waals surface area contributed by atoms with E-state index in [2.05, 4.69) is 9.98 Å². The van der Waals surface area contributed by atoms with E-state index >= 15 is 0 Å². The highest BCUT2D eigenvalue weighted by atomic mass is 32.1. The Hall–Kier alpha value is -2.28. The Bertz CT molecular complexity index is 776. The number of aliphatic hydroxyl groups excluding tert-OH is 2. The lowest BCUT2D eigenvalue weighted by Gasteiger charge is -2.22. The van der Waals surface area contributed by atoms with E-state index in [4.69, 9.17) is 10.2 Å². The van der Waals surface area contributed by atoms with Crippen molar-refractivity contribution in [3.05, 3.63) is 54.1 Å². The lowest BCUT2D eigenvalue weighted by Crippen LogP contribution is -2.29. The van der Waals surface area contributed by atoms with E-state index in [9.17, 15) is 0 Å². The van der Waals surface area contributed by atoms with Gasteiger partial charge in [0.2, 0.25) is 5.13 Å². The first-order valence-electron chi connectivity index (χ1n) is 7.76. The topological polar surface area (TPSA) is 69.0 Å². The summed E-state index contributed by atoms with van der Waals surface area (Å²) in [6.45, 7) is 1.11. The Morgan fingerprint density at radius 2 is 1.71 bits per heavy atom. The summed E-state index contributed by atoms with van der Waals surface area (Å²) >= 11 is 1.56. The van der Waals surface area contributed by atoms with Gasteiger partial charge in [-0.1, -0.05) is 35.6 Å². The lowest BCUT2D eigenvalue weighted by atomic mass is 10.2. The van der Waals surface area contributed by atoms with Crippen LogP contribution in [0.4, 0.5) is 10.8 Å². The largest absolute Gasteiger partial charge is 0.395 e. The van der Waals surface area contributed by atoms with Gasteiger partial charge in [-0.25, -0.2) is 9.98 Å². The summed E-state index contributed by atoms with van der Waals surface area (Å²) in [5, 5.41) is 18.9. The van der Waals surface area contributed by atoms with Crippen LogP contribution >= 0.6 is 11.3 Å². The highest BCUT2D eigenvalue weighted by molar-refractivity contribution is 7.22. The van der Waals surface area contributed by atoms with Gasteiger partial charge < -0.3 is 15.1 Å². The molecule has 3 rings (SSSR count). The van der Waals surface area contributed by atoms with Crippen molar-refractivity contribution in [1.29, 1.82) is 0 Å². The van der Waals surface area contributed by atoms with Gasteiger partial charge in [-0.05, 0) is 29.8 Å². The molecule has 5 nitrogen and oxygen atoms in total. The van der Waals surface area contributed by atoms with E-state index in [0.717, 1.165) is 26.6 Å². The molecular formula is C18H19N3O2S. The number of hydrogen-bond acceptors (Lipinski definition) is 6. The first kappa shape index (κ1) is 16.6. The van der Waals surface area contributed by atoms with Crippen molar-refractivity contribution < 1.29 is 10.2 Å². The molecular weight excluding hydrogens is 322 g/mol. The number of thiazole rings is 1. The number of anilines is 1. The number of hydrogen-bond donors (Lipinski definition) is 2. The number of aliphatic imine (C=N–C) groups is 1. The van der Waals surface area contributed by atoms with Crippen molar-refractivity contribution in [2.75, 3.05) is 31.2 Å². The average molecular weight is 341 g/mol. The quantitative estimate of drug-likeness (QED) is 0.649. The molecule has 0 fully saturated rings. The van der Waals surface area contributed by atoms with Crippen LogP contribution in [0.5, 0.6) is 0 Å². The van der Waals surface area contributed by atoms with Crippen LogP contribution in [0.2, 0.25) is 0 Å². The molecule has 2 aromatic carbocycles. The van der Waals surface area contributed by atoms with Crippen LogP contribution in [-0.2, 0) is 0 Å². The van der Waals surface area contributed by atoms with Crippen LogP contribution in [0, 0.1) is 0 Å². The number of rotatable bonds is 7. The van der Waals surface area contributed by atoms with Crippen LogP contribution in [0.25, 0.3) is 10.2 Å². The van der Waals surface area contributed by atoms with Gasteiger partial charge in [-0.15, -0.1) is 0 Å². The molecule has 0 amide bonds.